The second kappa shape index (κ2) is 14.7. The van der Waals surface area contributed by atoms with Gasteiger partial charge in [-0.15, -0.1) is 11.3 Å². The molecule has 2 atom stereocenters. The van der Waals surface area contributed by atoms with Crippen LogP contribution in [0, 0.1) is 12.8 Å². The zero-order valence-electron chi connectivity index (χ0n) is 30.7. The molecular formula is C42H43N7O5S. The van der Waals surface area contributed by atoms with Crippen LogP contribution in [0.4, 0.5) is 0 Å². The minimum atomic E-state index is -1.14. The van der Waals surface area contributed by atoms with Gasteiger partial charge >= 0.3 is 0 Å². The number of rotatable bonds is 8. The molecule has 55 heavy (non-hydrogen) atoms. The molecule has 3 aliphatic rings. The van der Waals surface area contributed by atoms with Gasteiger partial charge in [-0.1, -0.05) is 30.3 Å². The molecule has 13 heteroatoms. The third kappa shape index (κ3) is 7.15. The summed E-state index contributed by atoms with van der Waals surface area (Å²) in [5, 5.41) is 13.2. The Morgan fingerprint density at radius 3 is 2.56 bits per heavy atom. The van der Waals surface area contributed by atoms with E-state index in [9.17, 15) is 14.7 Å². The molecule has 0 aliphatic carbocycles. The molecular weight excluding hydrogens is 715 g/mol. The van der Waals surface area contributed by atoms with Crippen molar-refractivity contribution in [3.8, 4) is 27.8 Å². The number of piperidine rings is 2. The number of aromatic nitrogens is 5. The second-order valence-corrected chi connectivity index (χ2v) is 16.1. The first-order valence-corrected chi connectivity index (χ1v) is 19.7. The Bertz CT molecular complexity index is 2380. The number of carbonyl (C=O) groups excluding carboxylic acids is 1. The Morgan fingerprint density at radius 2 is 1.76 bits per heavy atom. The standard InChI is InChI=1S/C42H43N7O5S/c1-28-7-8-30(22-43-28)39-44-23-32(55-39)24-46-15-11-33(35(25-46)29-5-3-2-4-6-29)40(50)47-17-13-42(52,14-18-47)26-48-27-45-38-34(41(48)51)12-16-49(38)31-9-10-36-37(21-31)54-20-19-53-36/h2-10,12,16,21-23,27,33,35,52H,11,13-15,17-20,24-26H2,1H3/t33-,35+/m1/s1. The zero-order valence-corrected chi connectivity index (χ0v) is 31.5. The lowest BCUT2D eigenvalue weighted by atomic mass is 9.79. The maximum Gasteiger partial charge on any atom is 0.262 e. The fourth-order valence-corrected chi connectivity index (χ4v) is 9.18. The molecule has 282 valence electrons. The minimum absolute atomic E-state index is 0.0443. The Morgan fingerprint density at radius 1 is 0.945 bits per heavy atom. The first-order chi connectivity index (χ1) is 26.8. The van der Waals surface area contributed by atoms with Crippen LogP contribution in [0.2, 0.25) is 0 Å². The maximum atomic E-state index is 14.3. The number of amides is 1. The van der Waals surface area contributed by atoms with Crippen molar-refractivity contribution in [1.82, 2.24) is 33.9 Å². The maximum absolute atomic E-state index is 14.3. The van der Waals surface area contributed by atoms with E-state index in [1.165, 1.54) is 21.3 Å². The van der Waals surface area contributed by atoms with Gasteiger partial charge in [-0.2, -0.15) is 0 Å². The summed E-state index contributed by atoms with van der Waals surface area (Å²) in [6, 6.07) is 21.8. The van der Waals surface area contributed by atoms with Crippen LogP contribution in [-0.4, -0.2) is 89.9 Å². The lowest BCUT2D eigenvalue weighted by Gasteiger charge is -2.43. The predicted octanol–water partition coefficient (Wildman–Crippen LogP) is 5.44. The fraction of sp³-hybridized carbons (Fsp3) is 0.357. The van der Waals surface area contributed by atoms with Crippen molar-refractivity contribution in [2.75, 3.05) is 39.4 Å². The largest absolute Gasteiger partial charge is 0.486 e. The molecule has 12 nitrogen and oxygen atoms in total. The number of carbonyl (C=O) groups is 1. The molecule has 9 rings (SSSR count). The van der Waals surface area contributed by atoms with Crippen LogP contribution in [0.15, 0.2) is 96.4 Å². The van der Waals surface area contributed by atoms with Crippen LogP contribution in [0.25, 0.3) is 27.3 Å². The molecule has 3 aliphatic heterocycles. The average Bonchev–Trinajstić information content (AvgIpc) is 3.87. The number of nitrogens with zero attached hydrogens (tertiary/aromatic N) is 7. The number of aryl methyl sites for hydroxylation is 1. The summed E-state index contributed by atoms with van der Waals surface area (Å²) in [5.74, 6) is 1.38. The van der Waals surface area contributed by atoms with E-state index in [-0.39, 0.29) is 29.8 Å². The summed E-state index contributed by atoms with van der Waals surface area (Å²) in [5.41, 5.74) is 3.15. The van der Waals surface area contributed by atoms with Gasteiger partial charge in [-0.05, 0) is 68.6 Å². The van der Waals surface area contributed by atoms with Crippen LogP contribution < -0.4 is 15.0 Å². The summed E-state index contributed by atoms with van der Waals surface area (Å²) in [7, 11) is 0. The Hall–Kier alpha value is -5.37. The number of fused-ring (bicyclic) bond motifs is 2. The van der Waals surface area contributed by atoms with Crippen molar-refractivity contribution >= 4 is 28.3 Å². The minimum Gasteiger partial charge on any atom is -0.486 e. The van der Waals surface area contributed by atoms with Gasteiger partial charge in [-0.25, -0.2) is 9.97 Å². The van der Waals surface area contributed by atoms with Crippen LogP contribution in [0.3, 0.4) is 0 Å². The number of ether oxygens (including phenoxy) is 2. The van der Waals surface area contributed by atoms with Crippen molar-refractivity contribution in [2.24, 2.45) is 5.92 Å². The van der Waals surface area contributed by atoms with Crippen molar-refractivity contribution in [3.05, 3.63) is 118 Å². The topological polar surface area (TPSA) is 128 Å². The summed E-state index contributed by atoms with van der Waals surface area (Å²) in [6.07, 6.45) is 8.67. The van der Waals surface area contributed by atoms with Gasteiger partial charge in [0, 0.05) is 78.8 Å². The Balaban J connectivity index is 0.857. The highest BCUT2D eigenvalue weighted by atomic mass is 32.1. The average molecular weight is 758 g/mol. The molecule has 0 radical (unpaired) electrons. The van der Waals surface area contributed by atoms with Crippen molar-refractivity contribution in [2.45, 2.75) is 50.8 Å². The van der Waals surface area contributed by atoms with Crippen LogP contribution in [0.5, 0.6) is 11.5 Å². The lowest BCUT2D eigenvalue weighted by molar-refractivity contribution is -0.142. The van der Waals surface area contributed by atoms with Crippen molar-refractivity contribution < 1.29 is 19.4 Å². The third-order valence-corrected chi connectivity index (χ3v) is 12.3. The van der Waals surface area contributed by atoms with E-state index in [2.05, 4.69) is 38.1 Å². The van der Waals surface area contributed by atoms with Gasteiger partial charge in [0.05, 0.1) is 23.2 Å². The predicted molar refractivity (Wildman–Crippen MR) is 210 cm³/mol. The molecule has 0 unspecified atom stereocenters. The second-order valence-electron chi connectivity index (χ2n) is 14.9. The number of thiazole rings is 1. The van der Waals surface area contributed by atoms with E-state index >= 15 is 0 Å². The van der Waals surface area contributed by atoms with E-state index in [1.54, 1.807) is 17.4 Å². The zero-order chi connectivity index (χ0) is 37.5. The molecule has 1 amide bonds. The SMILES string of the molecule is Cc1ccc(-c2ncc(CN3CC[C@@H](C(=O)N4CCC(O)(Cn5cnc6c(ccn6-c6ccc7c(c6)OCCO7)c5=O)CC4)[C@H](c4ccccc4)C3)s2)cn1. The summed E-state index contributed by atoms with van der Waals surface area (Å²) in [6.45, 7) is 6.30. The highest BCUT2D eigenvalue weighted by Crippen LogP contribution is 2.37. The number of hydrogen-bond acceptors (Lipinski definition) is 10. The third-order valence-electron chi connectivity index (χ3n) is 11.3. The van der Waals surface area contributed by atoms with E-state index < -0.39 is 5.60 Å². The summed E-state index contributed by atoms with van der Waals surface area (Å²) < 4.78 is 14.8. The number of likely N-dealkylation sites (tertiary alicyclic amines) is 2. The van der Waals surface area contributed by atoms with Crippen molar-refractivity contribution in [1.29, 1.82) is 0 Å². The van der Waals surface area contributed by atoms with Crippen molar-refractivity contribution in [3.63, 3.8) is 0 Å². The van der Waals surface area contributed by atoms with E-state index in [0.717, 1.165) is 48.0 Å². The van der Waals surface area contributed by atoms with Crippen LogP contribution >= 0.6 is 11.3 Å². The molecule has 4 aromatic heterocycles. The molecule has 2 fully saturated rings. The molecule has 0 saturated carbocycles. The molecule has 6 aromatic rings. The van der Waals surface area contributed by atoms with Crippen LogP contribution in [0.1, 0.15) is 41.3 Å². The Labute approximate surface area is 322 Å². The Kier molecular flexibility index (Phi) is 9.45. The first kappa shape index (κ1) is 35.3. The van der Waals surface area contributed by atoms with E-state index in [1.807, 2.05) is 77.4 Å². The first-order valence-electron chi connectivity index (χ1n) is 18.9. The van der Waals surface area contributed by atoms with E-state index in [4.69, 9.17) is 9.47 Å². The van der Waals surface area contributed by atoms with Gasteiger partial charge in [0.25, 0.3) is 5.56 Å². The van der Waals surface area contributed by atoms with Crippen LogP contribution in [-0.2, 0) is 17.9 Å². The normalized spacial score (nSPS) is 19.8. The molecule has 1 N–H and O–H groups in total. The van der Waals surface area contributed by atoms with E-state index in [0.29, 0.717) is 61.7 Å². The van der Waals surface area contributed by atoms with Gasteiger partial charge in [0.2, 0.25) is 5.91 Å². The monoisotopic (exact) mass is 757 g/mol. The number of hydrogen-bond donors (Lipinski definition) is 1. The molecule has 0 bridgehead atoms. The number of pyridine rings is 1. The fourth-order valence-electron chi connectivity index (χ4n) is 8.24. The molecule has 7 heterocycles. The number of benzene rings is 2. The number of aliphatic hydroxyl groups is 1. The molecule has 0 spiro atoms. The van der Waals surface area contributed by atoms with Gasteiger partial charge in [0.15, 0.2) is 17.1 Å². The summed E-state index contributed by atoms with van der Waals surface area (Å²) >= 11 is 1.69. The summed E-state index contributed by atoms with van der Waals surface area (Å²) in [4.78, 5) is 47.3. The highest BCUT2D eigenvalue weighted by molar-refractivity contribution is 7.15. The van der Waals surface area contributed by atoms with Gasteiger partial charge in [0.1, 0.15) is 24.5 Å². The molecule has 2 saturated heterocycles. The van der Waals surface area contributed by atoms with Gasteiger partial charge < -0.3 is 24.0 Å². The van der Waals surface area contributed by atoms with Gasteiger partial charge in [-0.3, -0.25) is 24.0 Å². The smallest absolute Gasteiger partial charge is 0.262 e. The lowest BCUT2D eigenvalue weighted by Crippen LogP contribution is -2.53. The molecule has 2 aromatic carbocycles. The highest BCUT2D eigenvalue weighted by Gasteiger charge is 2.41. The quantitative estimate of drug-likeness (QED) is 0.216.